The largest absolute Gasteiger partial charge is 0.320 e. The average Bonchev–Trinajstić information content (AvgIpc) is 2.80. The molecule has 0 bridgehead atoms. The van der Waals surface area contributed by atoms with Crippen molar-refractivity contribution in [2.24, 2.45) is 10.9 Å². The van der Waals surface area contributed by atoms with Gasteiger partial charge >= 0.3 is 0 Å². The molecule has 0 radical (unpaired) electrons. The molecular weight excluding hydrogens is 269 g/mol. The molecule has 0 atom stereocenters. The van der Waals surface area contributed by atoms with Gasteiger partial charge in [0.05, 0.1) is 12.0 Å². The van der Waals surface area contributed by atoms with Crippen molar-refractivity contribution in [3.05, 3.63) is 51.6 Å². The molecule has 6 nitrogen and oxygen atoms in total. The van der Waals surface area contributed by atoms with E-state index >= 15 is 0 Å². The lowest BCUT2D eigenvalue weighted by atomic mass is 10.3. The Morgan fingerprint density at radius 2 is 2.11 bits per heavy atom. The van der Waals surface area contributed by atoms with E-state index in [1.54, 1.807) is 16.7 Å². The summed E-state index contributed by atoms with van der Waals surface area (Å²) < 4.78 is 15.0. The zero-order valence-electron chi connectivity index (χ0n) is 9.50. The highest BCUT2D eigenvalue weighted by atomic mass is 32.1. The first-order valence-electron chi connectivity index (χ1n) is 5.30. The van der Waals surface area contributed by atoms with Gasteiger partial charge in [-0.3, -0.25) is 9.36 Å². The summed E-state index contributed by atoms with van der Waals surface area (Å²) in [5.41, 5.74) is 0.806. The van der Waals surface area contributed by atoms with Gasteiger partial charge in [0.15, 0.2) is 5.65 Å². The zero-order chi connectivity index (χ0) is 13.4. The van der Waals surface area contributed by atoms with Crippen molar-refractivity contribution < 1.29 is 4.39 Å². The number of aromatic nitrogens is 3. The highest BCUT2D eigenvalue weighted by molar-refractivity contribution is 7.16. The molecular formula is C11H8FN5OS. The minimum absolute atomic E-state index is 0.263. The Bertz CT molecular complexity index is 861. The fourth-order valence-electron chi connectivity index (χ4n) is 1.76. The standard InChI is InChI=1S/C11H8FN5OS/c12-6-1-3-7(4-2-6)17-9-8(19-11(17)16-13)10(18)15-5-14-9/h1-5H,13H2,(H,14,15,18)/b16-11-. The first kappa shape index (κ1) is 11.6. The number of aromatic amines is 1. The van der Waals surface area contributed by atoms with Crippen LogP contribution in [0.15, 0.2) is 40.5 Å². The first-order valence-corrected chi connectivity index (χ1v) is 6.11. The van der Waals surface area contributed by atoms with E-state index in [2.05, 4.69) is 15.1 Å². The monoisotopic (exact) mass is 277 g/mol. The normalized spacial score (nSPS) is 12.2. The van der Waals surface area contributed by atoms with E-state index in [0.29, 0.717) is 20.8 Å². The maximum Gasteiger partial charge on any atom is 0.270 e. The van der Waals surface area contributed by atoms with Crippen LogP contribution in [-0.2, 0) is 0 Å². The lowest BCUT2D eigenvalue weighted by Crippen LogP contribution is -2.15. The topological polar surface area (TPSA) is 89.1 Å². The van der Waals surface area contributed by atoms with E-state index in [1.807, 2.05) is 0 Å². The molecule has 8 heteroatoms. The Labute approximate surface area is 109 Å². The Morgan fingerprint density at radius 3 is 2.79 bits per heavy atom. The number of nitrogens with one attached hydrogen (secondary N) is 1. The quantitative estimate of drug-likeness (QED) is 0.506. The molecule has 0 aliphatic rings. The SMILES string of the molecule is N/N=c1\sc2c(=O)[nH]cnc2n1-c1ccc(F)cc1. The van der Waals surface area contributed by atoms with E-state index < -0.39 is 0 Å². The number of benzene rings is 1. The first-order chi connectivity index (χ1) is 9.20. The van der Waals surface area contributed by atoms with Gasteiger partial charge in [0.25, 0.3) is 5.56 Å². The molecule has 2 aromatic heterocycles. The molecule has 0 aliphatic heterocycles. The Morgan fingerprint density at radius 1 is 1.37 bits per heavy atom. The third kappa shape index (κ3) is 1.82. The van der Waals surface area contributed by atoms with Crippen molar-refractivity contribution in [1.82, 2.24) is 14.5 Å². The highest BCUT2D eigenvalue weighted by Crippen LogP contribution is 2.15. The summed E-state index contributed by atoms with van der Waals surface area (Å²) in [5, 5.41) is 3.64. The number of hydrogen-bond donors (Lipinski definition) is 2. The fraction of sp³-hybridized carbons (Fsp3) is 0. The summed E-state index contributed by atoms with van der Waals surface area (Å²) in [5.74, 6) is 4.99. The predicted molar refractivity (Wildman–Crippen MR) is 69.3 cm³/mol. The average molecular weight is 277 g/mol. The van der Waals surface area contributed by atoms with Gasteiger partial charge in [-0.15, -0.1) is 0 Å². The molecule has 0 saturated carbocycles. The fourth-order valence-corrected chi connectivity index (χ4v) is 2.67. The maximum absolute atomic E-state index is 13.0. The number of H-pyrrole nitrogens is 1. The van der Waals surface area contributed by atoms with Gasteiger partial charge < -0.3 is 10.8 Å². The van der Waals surface area contributed by atoms with E-state index in [4.69, 9.17) is 5.84 Å². The number of thiazole rings is 1. The summed E-state index contributed by atoms with van der Waals surface area (Å²) >= 11 is 1.12. The minimum Gasteiger partial charge on any atom is -0.320 e. The lowest BCUT2D eigenvalue weighted by molar-refractivity contribution is 0.627. The number of rotatable bonds is 1. The molecule has 3 rings (SSSR count). The predicted octanol–water partition coefficient (Wildman–Crippen LogP) is 0.689. The summed E-state index contributed by atoms with van der Waals surface area (Å²) in [7, 11) is 0. The molecule has 0 amide bonds. The Balaban J connectivity index is 2.43. The molecule has 0 fully saturated rings. The van der Waals surface area contributed by atoms with Gasteiger partial charge in [-0.25, -0.2) is 9.37 Å². The van der Waals surface area contributed by atoms with Crippen LogP contribution in [0.25, 0.3) is 16.0 Å². The van der Waals surface area contributed by atoms with Crippen molar-refractivity contribution in [1.29, 1.82) is 0 Å². The van der Waals surface area contributed by atoms with E-state index in [1.165, 1.54) is 18.5 Å². The van der Waals surface area contributed by atoms with Crippen LogP contribution < -0.4 is 16.2 Å². The van der Waals surface area contributed by atoms with Crippen molar-refractivity contribution >= 4 is 21.7 Å². The molecule has 3 aromatic rings. The van der Waals surface area contributed by atoms with Crippen LogP contribution in [-0.4, -0.2) is 14.5 Å². The number of nitrogens with zero attached hydrogens (tertiary/aromatic N) is 3. The molecule has 96 valence electrons. The van der Waals surface area contributed by atoms with Crippen molar-refractivity contribution in [3.63, 3.8) is 0 Å². The second-order valence-electron chi connectivity index (χ2n) is 3.71. The van der Waals surface area contributed by atoms with E-state index in [9.17, 15) is 9.18 Å². The second-order valence-corrected chi connectivity index (χ2v) is 4.69. The lowest BCUT2D eigenvalue weighted by Gasteiger charge is -2.03. The van der Waals surface area contributed by atoms with Crippen molar-refractivity contribution in [3.8, 4) is 5.69 Å². The summed E-state index contributed by atoms with van der Waals surface area (Å²) in [6, 6.07) is 5.77. The van der Waals surface area contributed by atoms with Gasteiger partial charge in [0, 0.05) is 0 Å². The molecule has 2 heterocycles. The number of fused-ring (bicyclic) bond motifs is 1. The second kappa shape index (κ2) is 4.32. The van der Waals surface area contributed by atoms with E-state index in [0.717, 1.165) is 11.3 Å². The van der Waals surface area contributed by atoms with E-state index in [-0.39, 0.29) is 11.4 Å². The van der Waals surface area contributed by atoms with Gasteiger partial charge in [0.2, 0.25) is 4.80 Å². The minimum atomic E-state index is -0.346. The van der Waals surface area contributed by atoms with Crippen LogP contribution in [0.2, 0.25) is 0 Å². The van der Waals surface area contributed by atoms with Crippen LogP contribution in [0.4, 0.5) is 4.39 Å². The van der Waals surface area contributed by atoms with Crippen LogP contribution in [0.3, 0.4) is 0 Å². The van der Waals surface area contributed by atoms with Crippen LogP contribution in [0.5, 0.6) is 0 Å². The molecule has 0 unspecified atom stereocenters. The highest BCUT2D eigenvalue weighted by Gasteiger charge is 2.11. The summed E-state index contributed by atoms with van der Waals surface area (Å²) in [4.78, 5) is 18.7. The number of halogens is 1. The molecule has 0 aliphatic carbocycles. The third-order valence-electron chi connectivity index (χ3n) is 2.58. The van der Waals surface area contributed by atoms with Crippen molar-refractivity contribution in [2.45, 2.75) is 0 Å². The number of hydrogen-bond acceptors (Lipinski definition) is 5. The van der Waals surface area contributed by atoms with Gasteiger partial charge in [-0.05, 0) is 24.3 Å². The summed E-state index contributed by atoms with van der Waals surface area (Å²) in [6.45, 7) is 0. The molecule has 3 N–H and O–H groups in total. The van der Waals surface area contributed by atoms with Gasteiger partial charge in [-0.2, -0.15) is 5.10 Å². The molecule has 19 heavy (non-hydrogen) atoms. The Hall–Kier alpha value is -2.48. The molecule has 0 saturated heterocycles. The van der Waals surface area contributed by atoms with Gasteiger partial charge in [-0.1, -0.05) is 11.3 Å². The van der Waals surface area contributed by atoms with Crippen LogP contribution in [0, 0.1) is 5.82 Å². The van der Waals surface area contributed by atoms with Crippen LogP contribution in [0.1, 0.15) is 0 Å². The van der Waals surface area contributed by atoms with Crippen molar-refractivity contribution in [2.75, 3.05) is 0 Å². The summed E-state index contributed by atoms with van der Waals surface area (Å²) in [6.07, 6.45) is 1.30. The Kier molecular flexibility index (Phi) is 2.64. The zero-order valence-corrected chi connectivity index (χ0v) is 10.3. The van der Waals surface area contributed by atoms with Gasteiger partial charge in [0.1, 0.15) is 10.5 Å². The maximum atomic E-state index is 13.0. The molecule has 0 spiro atoms. The smallest absolute Gasteiger partial charge is 0.270 e. The molecule has 1 aromatic carbocycles. The third-order valence-corrected chi connectivity index (χ3v) is 3.63. The van der Waals surface area contributed by atoms with Crippen LogP contribution >= 0.6 is 11.3 Å². The number of nitrogens with two attached hydrogens (primary N) is 1.